The lowest BCUT2D eigenvalue weighted by atomic mass is 10.2. The fraction of sp³-hybridized carbons (Fsp3) is 0.125. The molecule has 0 amide bonds. The Bertz CT molecular complexity index is 303. The fourth-order valence-electron chi connectivity index (χ4n) is 0.733. The molecule has 0 unspecified atom stereocenters. The SMILES string of the molecule is Cc1cc(OC#N)ccc1Cl. The summed E-state index contributed by atoms with van der Waals surface area (Å²) in [7, 11) is 0. The second-order valence-electron chi connectivity index (χ2n) is 2.10. The number of halogens is 1. The van der Waals surface area contributed by atoms with Crippen LogP contribution >= 0.6 is 11.6 Å². The molecule has 2 nitrogen and oxygen atoms in total. The largest absolute Gasteiger partial charge is 0.388 e. The van der Waals surface area contributed by atoms with Crippen LogP contribution in [0.3, 0.4) is 0 Å². The fourth-order valence-corrected chi connectivity index (χ4v) is 0.851. The minimum Gasteiger partial charge on any atom is -0.388 e. The van der Waals surface area contributed by atoms with Gasteiger partial charge in [-0.15, -0.1) is 5.26 Å². The van der Waals surface area contributed by atoms with Crippen molar-refractivity contribution < 1.29 is 4.74 Å². The van der Waals surface area contributed by atoms with E-state index in [-0.39, 0.29) is 0 Å². The molecule has 1 aromatic rings. The van der Waals surface area contributed by atoms with Gasteiger partial charge in [0.25, 0.3) is 6.26 Å². The highest BCUT2D eigenvalue weighted by Crippen LogP contribution is 2.20. The summed E-state index contributed by atoms with van der Waals surface area (Å²) in [5, 5.41) is 8.85. The number of nitrogens with zero attached hydrogens (tertiary/aromatic N) is 1. The van der Waals surface area contributed by atoms with Gasteiger partial charge in [-0.2, -0.15) is 0 Å². The molecule has 11 heavy (non-hydrogen) atoms. The van der Waals surface area contributed by atoms with E-state index in [2.05, 4.69) is 4.74 Å². The lowest BCUT2D eigenvalue weighted by Crippen LogP contribution is -1.82. The zero-order chi connectivity index (χ0) is 8.27. The average Bonchev–Trinajstić information content (AvgIpc) is 1.98. The molecule has 1 aromatic carbocycles. The maximum absolute atomic E-state index is 8.17. The van der Waals surface area contributed by atoms with Gasteiger partial charge in [-0.05, 0) is 30.7 Å². The lowest BCUT2D eigenvalue weighted by molar-refractivity contribution is 0.507. The summed E-state index contributed by atoms with van der Waals surface area (Å²) in [6, 6.07) is 5.06. The molecule has 0 spiro atoms. The van der Waals surface area contributed by atoms with E-state index in [1.807, 2.05) is 6.92 Å². The molecule has 0 aliphatic carbocycles. The van der Waals surface area contributed by atoms with E-state index in [1.54, 1.807) is 24.5 Å². The van der Waals surface area contributed by atoms with E-state index in [9.17, 15) is 0 Å². The monoisotopic (exact) mass is 167 g/mol. The number of rotatable bonds is 1. The zero-order valence-electron chi connectivity index (χ0n) is 5.97. The van der Waals surface area contributed by atoms with Crippen molar-refractivity contribution in [3.63, 3.8) is 0 Å². The summed E-state index contributed by atoms with van der Waals surface area (Å²) >= 11 is 5.74. The maximum atomic E-state index is 8.17. The van der Waals surface area contributed by atoms with E-state index in [1.165, 1.54) is 0 Å². The summed E-state index contributed by atoms with van der Waals surface area (Å²) in [5.41, 5.74) is 0.902. The van der Waals surface area contributed by atoms with Crippen molar-refractivity contribution in [1.82, 2.24) is 0 Å². The molecule has 0 atom stereocenters. The van der Waals surface area contributed by atoms with E-state index >= 15 is 0 Å². The Morgan fingerprint density at radius 2 is 2.27 bits per heavy atom. The van der Waals surface area contributed by atoms with Crippen molar-refractivity contribution in [1.29, 1.82) is 5.26 Å². The highest BCUT2D eigenvalue weighted by atomic mass is 35.5. The summed E-state index contributed by atoms with van der Waals surface area (Å²) in [6.45, 7) is 1.85. The van der Waals surface area contributed by atoms with Crippen LogP contribution < -0.4 is 4.74 Å². The molecule has 0 saturated carbocycles. The summed E-state index contributed by atoms with van der Waals surface area (Å²) in [4.78, 5) is 0. The first-order valence-electron chi connectivity index (χ1n) is 3.06. The number of aryl methyl sites for hydroxylation is 1. The molecule has 0 saturated heterocycles. The number of hydrogen-bond acceptors (Lipinski definition) is 2. The summed E-state index contributed by atoms with van der Waals surface area (Å²) < 4.78 is 4.59. The molecular formula is C8H6ClNO. The van der Waals surface area contributed by atoms with Crippen LogP contribution in [0.5, 0.6) is 5.75 Å². The third-order valence-corrected chi connectivity index (χ3v) is 1.72. The quantitative estimate of drug-likeness (QED) is 0.602. The molecule has 0 radical (unpaired) electrons. The van der Waals surface area contributed by atoms with Gasteiger partial charge in [-0.3, -0.25) is 0 Å². The van der Waals surface area contributed by atoms with Crippen LogP contribution in [0.4, 0.5) is 0 Å². The number of hydrogen-bond donors (Lipinski definition) is 0. The van der Waals surface area contributed by atoms with Gasteiger partial charge in [0.05, 0.1) is 0 Å². The van der Waals surface area contributed by atoms with Gasteiger partial charge in [0.1, 0.15) is 5.75 Å². The lowest BCUT2D eigenvalue weighted by Gasteiger charge is -1.98. The molecule has 0 aromatic heterocycles. The van der Waals surface area contributed by atoms with Gasteiger partial charge in [-0.25, -0.2) is 0 Å². The number of benzene rings is 1. The van der Waals surface area contributed by atoms with Crippen molar-refractivity contribution in [3.8, 4) is 12.0 Å². The predicted molar refractivity (Wildman–Crippen MR) is 42.4 cm³/mol. The standard InChI is InChI=1S/C8H6ClNO/c1-6-4-7(11-5-10)2-3-8(6)9/h2-4H,1H3. The van der Waals surface area contributed by atoms with Crippen LogP contribution in [-0.2, 0) is 0 Å². The molecule has 0 bridgehead atoms. The Morgan fingerprint density at radius 3 is 2.82 bits per heavy atom. The Hall–Kier alpha value is -1.20. The van der Waals surface area contributed by atoms with Crippen LogP contribution in [0.2, 0.25) is 5.02 Å². The molecule has 1 rings (SSSR count). The van der Waals surface area contributed by atoms with E-state index < -0.39 is 0 Å². The Morgan fingerprint density at radius 1 is 1.55 bits per heavy atom. The molecule has 0 heterocycles. The highest BCUT2D eigenvalue weighted by molar-refractivity contribution is 6.31. The zero-order valence-corrected chi connectivity index (χ0v) is 6.72. The predicted octanol–water partition coefficient (Wildman–Crippen LogP) is 2.51. The highest BCUT2D eigenvalue weighted by Gasteiger charge is 1.96. The molecule has 0 N–H and O–H groups in total. The normalized spacial score (nSPS) is 8.82. The molecule has 56 valence electrons. The molecule has 0 fully saturated rings. The third-order valence-electron chi connectivity index (χ3n) is 1.29. The van der Waals surface area contributed by atoms with Gasteiger partial charge >= 0.3 is 0 Å². The second kappa shape index (κ2) is 3.27. The van der Waals surface area contributed by atoms with Crippen LogP contribution in [0, 0.1) is 18.4 Å². The molecular weight excluding hydrogens is 162 g/mol. The third kappa shape index (κ3) is 1.86. The Balaban J connectivity index is 2.98. The minimum atomic E-state index is 0.523. The van der Waals surface area contributed by atoms with Crippen LogP contribution in [-0.4, -0.2) is 0 Å². The van der Waals surface area contributed by atoms with Crippen molar-refractivity contribution in [2.75, 3.05) is 0 Å². The Kier molecular flexibility index (Phi) is 2.35. The van der Waals surface area contributed by atoms with Gasteiger partial charge in [0, 0.05) is 5.02 Å². The maximum Gasteiger partial charge on any atom is 0.292 e. The Labute approximate surface area is 70.0 Å². The van der Waals surface area contributed by atoms with Crippen LogP contribution in [0.15, 0.2) is 18.2 Å². The van der Waals surface area contributed by atoms with Gasteiger partial charge in [0.2, 0.25) is 0 Å². The van der Waals surface area contributed by atoms with Gasteiger partial charge in [0.15, 0.2) is 0 Å². The summed E-state index contributed by atoms with van der Waals surface area (Å²) in [5.74, 6) is 0.523. The van der Waals surface area contributed by atoms with E-state index in [0.29, 0.717) is 10.8 Å². The van der Waals surface area contributed by atoms with Crippen molar-refractivity contribution >= 4 is 11.6 Å². The van der Waals surface area contributed by atoms with Gasteiger partial charge < -0.3 is 4.74 Å². The number of nitriles is 1. The molecule has 0 aliphatic heterocycles. The van der Waals surface area contributed by atoms with E-state index in [4.69, 9.17) is 16.9 Å². The van der Waals surface area contributed by atoms with Crippen molar-refractivity contribution in [2.24, 2.45) is 0 Å². The van der Waals surface area contributed by atoms with Gasteiger partial charge in [-0.1, -0.05) is 11.6 Å². The first-order chi connectivity index (χ1) is 5.24. The second-order valence-corrected chi connectivity index (χ2v) is 2.51. The first kappa shape index (κ1) is 7.90. The van der Waals surface area contributed by atoms with E-state index in [0.717, 1.165) is 5.56 Å². The van der Waals surface area contributed by atoms with Crippen molar-refractivity contribution in [3.05, 3.63) is 28.8 Å². The number of ether oxygens (including phenoxy) is 1. The van der Waals surface area contributed by atoms with Crippen molar-refractivity contribution in [2.45, 2.75) is 6.92 Å². The molecule has 0 aliphatic rings. The average molecular weight is 168 g/mol. The minimum absolute atomic E-state index is 0.523. The smallest absolute Gasteiger partial charge is 0.292 e. The van der Waals surface area contributed by atoms with Crippen LogP contribution in [0.25, 0.3) is 0 Å². The van der Waals surface area contributed by atoms with Crippen LogP contribution in [0.1, 0.15) is 5.56 Å². The topological polar surface area (TPSA) is 33.0 Å². The summed E-state index contributed by atoms with van der Waals surface area (Å²) in [6.07, 6.45) is 1.59. The first-order valence-corrected chi connectivity index (χ1v) is 3.44. The molecule has 3 heteroatoms.